The smallest absolute Gasteiger partial charge is 0.280 e. The Balaban J connectivity index is 1.57. The largest absolute Gasteiger partial charge is 0.325 e. The molecule has 0 radical (unpaired) electrons. The minimum Gasteiger partial charge on any atom is -0.325 e. The number of thiophene rings is 1. The van der Waals surface area contributed by atoms with Crippen LogP contribution in [-0.2, 0) is 15.0 Å². The molecule has 0 spiro atoms. The molecule has 1 aliphatic heterocycles. The molecule has 0 saturated carbocycles. The number of rotatable bonds is 4. The predicted molar refractivity (Wildman–Crippen MR) is 116 cm³/mol. The van der Waals surface area contributed by atoms with Crippen molar-refractivity contribution in [3.8, 4) is 10.4 Å². The van der Waals surface area contributed by atoms with E-state index in [0.717, 1.165) is 25.7 Å². The van der Waals surface area contributed by atoms with Crippen molar-refractivity contribution >= 4 is 56.1 Å². The number of nitrogens with zero attached hydrogens (tertiary/aromatic N) is 2. The van der Waals surface area contributed by atoms with E-state index in [-0.39, 0.29) is 17.1 Å². The molecular weight excluding hydrogens is 471 g/mol. The van der Waals surface area contributed by atoms with E-state index in [4.69, 9.17) is 11.6 Å². The van der Waals surface area contributed by atoms with E-state index in [1.54, 1.807) is 11.7 Å². The van der Waals surface area contributed by atoms with Gasteiger partial charge in [-0.3, -0.25) is 9.78 Å². The van der Waals surface area contributed by atoms with Crippen LogP contribution in [0.5, 0.6) is 0 Å². The average molecular weight is 487 g/mol. The van der Waals surface area contributed by atoms with Gasteiger partial charge in [-0.15, -0.1) is 22.7 Å². The zero-order chi connectivity index (χ0) is 21.5. The highest BCUT2D eigenvalue weighted by Gasteiger charge is 2.41. The first kappa shape index (κ1) is 21.3. The minimum absolute atomic E-state index is 0.133. The summed E-state index contributed by atoms with van der Waals surface area (Å²) in [5.41, 5.74) is 2.97. The lowest BCUT2D eigenvalue weighted by Crippen LogP contribution is -2.55. The molecule has 1 aliphatic rings. The molecule has 158 valence electrons. The Hall–Kier alpha value is -1.89. The van der Waals surface area contributed by atoms with Crippen LogP contribution in [0.15, 0.2) is 41.4 Å². The lowest BCUT2D eigenvalue weighted by atomic mass is 10.0. The Kier molecular flexibility index (Phi) is 5.93. The third kappa shape index (κ3) is 4.27. The Bertz CT molecular complexity index is 1180. The zero-order valence-electron chi connectivity index (χ0n) is 15.5. The van der Waals surface area contributed by atoms with E-state index < -0.39 is 34.0 Å². The molecule has 2 atom stereocenters. The molecule has 7 nitrogen and oxygen atoms in total. The van der Waals surface area contributed by atoms with Crippen molar-refractivity contribution in [2.75, 3.05) is 12.4 Å². The summed E-state index contributed by atoms with van der Waals surface area (Å²) >= 11 is 8.67. The van der Waals surface area contributed by atoms with Crippen LogP contribution in [0.3, 0.4) is 0 Å². The van der Waals surface area contributed by atoms with E-state index in [0.29, 0.717) is 0 Å². The molecule has 0 bridgehead atoms. The van der Waals surface area contributed by atoms with Gasteiger partial charge in [0.05, 0.1) is 21.5 Å². The van der Waals surface area contributed by atoms with Gasteiger partial charge in [0.1, 0.15) is 11.9 Å². The average Bonchev–Trinajstić information content (AvgIpc) is 3.38. The Labute approximate surface area is 185 Å². The summed E-state index contributed by atoms with van der Waals surface area (Å²) in [6.07, 6.45) is 1.98. The Morgan fingerprint density at radius 1 is 1.37 bits per heavy atom. The van der Waals surface area contributed by atoms with Gasteiger partial charge < -0.3 is 5.32 Å². The Morgan fingerprint density at radius 3 is 2.87 bits per heavy atom. The van der Waals surface area contributed by atoms with Crippen LogP contribution < -0.4 is 10.0 Å². The number of hydrogen-bond acceptors (Lipinski definition) is 6. The van der Waals surface area contributed by atoms with Crippen LogP contribution in [0.2, 0.25) is 5.02 Å². The molecule has 2 N–H and O–H groups in total. The molecule has 0 aliphatic carbocycles. The van der Waals surface area contributed by atoms with Crippen molar-refractivity contribution in [3.63, 3.8) is 0 Å². The maximum absolute atomic E-state index is 13.4. The van der Waals surface area contributed by atoms with Gasteiger partial charge in [0.15, 0.2) is 0 Å². The van der Waals surface area contributed by atoms with Crippen LogP contribution in [0.25, 0.3) is 10.4 Å². The zero-order valence-corrected chi connectivity index (χ0v) is 18.7. The fourth-order valence-electron chi connectivity index (χ4n) is 3.12. The summed E-state index contributed by atoms with van der Waals surface area (Å²) in [6.45, 7) is 0. The third-order valence-corrected chi connectivity index (χ3v) is 8.49. The fraction of sp³-hybridized carbons (Fsp3) is 0.222. The van der Waals surface area contributed by atoms with Crippen molar-refractivity contribution in [2.24, 2.45) is 0 Å². The first-order valence-electron chi connectivity index (χ1n) is 8.73. The Morgan fingerprint density at radius 2 is 2.17 bits per heavy atom. The van der Waals surface area contributed by atoms with Crippen molar-refractivity contribution in [3.05, 3.63) is 57.1 Å². The van der Waals surface area contributed by atoms with Crippen molar-refractivity contribution in [1.29, 1.82) is 0 Å². The lowest BCUT2D eigenvalue weighted by Gasteiger charge is -2.35. The van der Waals surface area contributed by atoms with E-state index >= 15 is 0 Å². The topological polar surface area (TPSA) is 91.4 Å². The number of benzene rings is 1. The number of amides is 1. The number of anilines is 1. The summed E-state index contributed by atoms with van der Waals surface area (Å²) in [4.78, 5) is 18.7. The number of aromatic nitrogens is 1. The molecule has 1 aromatic carbocycles. The highest BCUT2D eigenvalue weighted by atomic mass is 35.5. The van der Waals surface area contributed by atoms with Crippen molar-refractivity contribution in [2.45, 2.75) is 18.5 Å². The molecule has 3 heterocycles. The summed E-state index contributed by atoms with van der Waals surface area (Å²) < 4.78 is 42.2. The number of carbonyl (C=O) groups is 1. The standard InChI is InChI=1S/C18H16ClFN4O3S3/c1-24-15(18(25)22-11-2-3-13(20)12(19)5-11)6-14(23-30(24,26)27)16-4-10(8-28-16)17-7-21-9-29-17/h2-5,7-9,14-15,23H,6H2,1H3,(H,22,25). The summed E-state index contributed by atoms with van der Waals surface area (Å²) in [6, 6.07) is 4.20. The van der Waals surface area contributed by atoms with Crippen LogP contribution in [-0.4, -0.2) is 36.7 Å². The van der Waals surface area contributed by atoms with Gasteiger partial charge >= 0.3 is 0 Å². The number of thiazole rings is 1. The van der Waals surface area contributed by atoms with Gasteiger partial charge in [-0.25, -0.2) is 4.39 Å². The van der Waals surface area contributed by atoms with Crippen molar-refractivity contribution < 1.29 is 17.6 Å². The molecule has 4 rings (SSSR count). The first-order valence-corrected chi connectivity index (χ1v) is 12.3. The lowest BCUT2D eigenvalue weighted by molar-refractivity contribution is -0.120. The number of likely N-dealkylation sites (N-methyl/N-ethyl adjacent to an activating group) is 1. The van der Waals surface area contributed by atoms with E-state index in [9.17, 15) is 17.6 Å². The van der Waals surface area contributed by atoms with Crippen LogP contribution >= 0.6 is 34.3 Å². The quantitative estimate of drug-likeness (QED) is 0.585. The molecule has 1 saturated heterocycles. The fourth-order valence-corrected chi connectivity index (χ4v) is 6.30. The molecule has 3 aromatic rings. The summed E-state index contributed by atoms with van der Waals surface area (Å²) in [7, 11) is -2.53. The number of carbonyl (C=O) groups excluding carboxylic acids is 1. The molecule has 1 amide bonds. The minimum atomic E-state index is -3.87. The summed E-state index contributed by atoms with van der Waals surface area (Å²) in [5.74, 6) is -1.12. The predicted octanol–water partition coefficient (Wildman–Crippen LogP) is 3.88. The third-order valence-electron chi connectivity index (χ3n) is 4.74. The molecular formula is C18H16ClFN4O3S3. The second-order valence-electron chi connectivity index (χ2n) is 6.66. The second-order valence-corrected chi connectivity index (χ2v) is 10.7. The van der Waals surface area contributed by atoms with Gasteiger partial charge in [0.2, 0.25) is 5.91 Å². The molecule has 12 heteroatoms. The second kappa shape index (κ2) is 8.33. The van der Waals surface area contributed by atoms with Crippen molar-refractivity contribution in [1.82, 2.24) is 14.0 Å². The van der Waals surface area contributed by atoms with Gasteiger partial charge in [0, 0.05) is 29.4 Å². The summed E-state index contributed by atoms with van der Waals surface area (Å²) in [5, 5.41) is 4.42. The number of nitrogens with one attached hydrogen (secondary N) is 2. The van der Waals surface area contributed by atoms with E-state index in [2.05, 4.69) is 15.0 Å². The molecule has 30 heavy (non-hydrogen) atoms. The molecule has 2 unspecified atom stereocenters. The van der Waals surface area contributed by atoms with E-state index in [1.165, 1.54) is 41.9 Å². The maximum atomic E-state index is 13.4. The van der Waals surface area contributed by atoms with Gasteiger partial charge in [-0.2, -0.15) is 17.4 Å². The van der Waals surface area contributed by atoms with E-state index in [1.807, 2.05) is 11.4 Å². The number of halogens is 2. The van der Waals surface area contributed by atoms with Gasteiger partial charge in [-0.05, 0) is 36.1 Å². The molecule has 1 fully saturated rings. The van der Waals surface area contributed by atoms with Gasteiger partial charge in [-0.1, -0.05) is 11.6 Å². The van der Waals surface area contributed by atoms with Crippen LogP contribution in [0, 0.1) is 5.82 Å². The molecule has 2 aromatic heterocycles. The first-order chi connectivity index (χ1) is 14.2. The SMILES string of the molecule is CN1C(C(=O)Nc2ccc(F)c(Cl)c2)CC(c2cc(-c3cncs3)cs2)NS1(=O)=O. The highest BCUT2D eigenvalue weighted by molar-refractivity contribution is 7.87. The van der Waals surface area contributed by atoms with Gasteiger partial charge in [0.25, 0.3) is 10.2 Å². The highest BCUT2D eigenvalue weighted by Crippen LogP contribution is 2.36. The van der Waals surface area contributed by atoms with Crippen LogP contribution in [0.4, 0.5) is 10.1 Å². The normalized spacial score (nSPS) is 21.4. The van der Waals surface area contributed by atoms with Crippen LogP contribution in [0.1, 0.15) is 17.3 Å². The maximum Gasteiger partial charge on any atom is 0.280 e. The monoisotopic (exact) mass is 486 g/mol. The number of hydrogen-bond donors (Lipinski definition) is 2.